The van der Waals surface area contributed by atoms with Crippen molar-refractivity contribution in [2.45, 2.75) is 70.4 Å². The highest BCUT2D eigenvalue weighted by Crippen LogP contribution is 2.61. The third-order valence-electron chi connectivity index (χ3n) is 6.11. The van der Waals surface area contributed by atoms with Crippen LogP contribution < -0.4 is 5.73 Å². The molecule has 4 bridgehead atoms. The van der Waals surface area contributed by atoms with Crippen LogP contribution in [0.15, 0.2) is 6.20 Å². The highest BCUT2D eigenvalue weighted by molar-refractivity contribution is 5.30. The number of rotatable bonds is 4. The molecule has 1 aromatic rings. The number of aromatic nitrogens is 2. The Morgan fingerprint density at radius 1 is 1.20 bits per heavy atom. The van der Waals surface area contributed by atoms with E-state index in [0.717, 1.165) is 30.7 Å². The van der Waals surface area contributed by atoms with Crippen LogP contribution in [0.2, 0.25) is 0 Å². The molecule has 0 aliphatic heterocycles. The van der Waals surface area contributed by atoms with E-state index in [2.05, 4.69) is 16.7 Å². The molecule has 0 aromatic carbocycles. The minimum absolute atomic E-state index is 0.426. The van der Waals surface area contributed by atoms with E-state index in [1.54, 1.807) is 0 Å². The maximum absolute atomic E-state index is 6.03. The maximum atomic E-state index is 6.03. The van der Waals surface area contributed by atoms with Crippen molar-refractivity contribution < 1.29 is 0 Å². The molecule has 4 saturated carbocycles. The normalized spacial score (nSPS) is 38.6. The van der Waals surface area contributed by atoms with Crippen molar-refractivity contribution in [3.63, 3.8) is 0 Å². The lowest BCUT2D eigenvalue weighted by molar-refractivity contribution is -0.00975. The molecule has 1 aromatic heterocycles. The lowest BCUT2D eigenvalue weighted by Gasteiger charge is -2.57. The second kappa shape index (κ2) is 4.59. The fourth-order valence-electron chi connectivity index (χ4n) is 5.97. The van der Waals surface area contributed by atoms with Crippen LogP contribution >= 0.6 is 0 Å². The number of aryl methyl sites for hydroxylation is 1. The summed E-state index contributed by atoms with van der Waals surface area (Å²) in [5.41, 5.74) is 9.30. The minimum Gasteiger partial charge on any atom is -0.326 e. The van der Waals surface area contributed by atoms with E-state index < -0.39 is 0 Å². The van der Waals surface area contributed by atoms with Gasteiger partial charge in [0.05, 0.1) is 6.20 Å². The van der Waals surface area contributed by atoms with Crippen LogP contribution in [-0.4, -0.2) is 9.78 Å². The molecule has 0 amide bonds. The highest BCUT2D eigenvalue weighted by Gasteiger charge is 2.53. The molecule has 0 atom stereocenters. The summed E-state index contributed by atoms with van der Waals surface area (Å²) in [5.74, 6) is 2.95. The van der Waals surface area contributed by atoms with Gasteiger partial charge in [-0.25, -0.2) is 0 Å². The van der Waals surface area contributed by atoms with E-state index in [1.165, 1.54) is 49.8 Å². The van der Waals surface area contributed by atoms with Crippen LogP contribution in [0.25, 0.3) is 0 Å². The number of hydrogen-bond acceptors (Lipinski definition) is 2. The van der Waals surface area contributed by atoms with E-state index in [-0.39, 0.29) is 0 Å². The van der Waals surface area contributed by atoms with Crippen molar-refractivity contribution >= 4 is 0 Å². The van der Waals surface area contributed by atoms with Gasteiger partial charge in [0.2, 0.25) is 0 Å². The summed E-state index contributed by atoms with van der Waals surface area (Å²) >= 11 is 0. The molecular formula is C17H27N3. The van der Waals surface area contributed by atoms with Gasteiger partial charge in [-0.1, -0.05) is 6.92 Å². The lowest BCUT2D eigenvalue weighted by atomic mass is 9.48. The molecule has 5 rings (SSSR count). The van der Waals surface area contributed by atoms with Crippen molar-refractivity contribution in [1.82, 2.24) is 9.78 Å². The predicted molar refractivity (Wildman–Crippen MR) is 80.3 cm³/mol. The third-order valence-corrected chi connectivity index (χ3v) is 6.11. The molecule has 3 heteroatoms. The van der Waals surface area contributed by atoms with Crippen LogP contribution in [0.1, 0.15) is 63.1 Å². The Morgan fingerprint density at radius 2 is 1.80 bits per heavy atom. The van der Waals surface area contributed by atoms with Crippen molar-refractivity contribution in [3.05, 3.63) is 17.5 Å². The summed E-state index contributed by atoms with van der Waals surface area (Å²) in [6.07, 6.45) is 11.9. The first kappa shape index (κ1) is 12.9. The summed E-state index contributed by atoms with van der Waals surface area (Å²) in [5, 5.41) is 4.67. The molecule has 3 nitrogen and oxygen atoms in total. The topological polar surface area (TPSA) is 43.8 Å². The summed E-state index contributed by atoms with van der Waals surface area (Å²) in [4.78, 5) is 0. The zero-order chi connectivity index (χ0) is 13.7. The minimum atomic E-state index is 0.426. The van der Waals surface area contributed by atoms with Crippen molar-refractivity contribution in [2.75, 3.05) is 0 Å². The van der Waals surface area contributed by atoms with E-state index in [9.17, 15) is 0 Å². The van der Waals surface area contributed by atoms with E-state index in [0.29, 0.717) is 12.0 Å². The average molecular weight is 273 g/mol. The van der Waals surface area contributed by atoms with Gasteiger partial charge in [-0.3, -0.25) is 4.68 Å². The molecule has 0 radical (unpaired) electrons. The van der Waals surface area contributed by atoms with E-state index in [1.807, 2.05) is 6.20 Å². The van der Waals surface area contributed by atoms with Gasteiger partial charge in [-0.2, -0.15) is 5.10 Å². The molecule has 0 spiro atoms. The van der Waals surface area contributed by atoms with Crippen LogP contribution in [0.4, 0.5) is 0 Å². The fourth-order valence-corrected chi connectivity index (χ4v) is 5.97. The van der Waals surface area contributed by atoms with Gasteiger partial charge < -0.3 is 5.73 Å². The molecule has 4 fully saturated rings. The number of hydrogen-bond donors (Lipinski definition) is 1. The zero-order valence-electron chi connectivity index (χ0n) is 12.6. The Hall–Kier alpha value is -0.830. The van der Waals surface area contributed by atoms with Crippen molar-refractivity contribution in [1.29, 1.82) is 0 Å². The molecule has 1 heterocycles. The van der Waals surface area contributed by atoms with Crippen LogP contribution in [0, 0.1) is 17.8 Å². The summed E-state index contributed by atoms with van der Waals surface area (Å²) < 4.78 is 2.30. The van der Waals surface area contributed by atoms with Gasteiger partial charge in [0.1, 0.15) is 0 Å². The first-order valence-electron chi connectivity index (χ1n) is 8.49. The van der Waals surface area contributed by atoms with Crippen LogP contribution in [-0.2, 0) is 18.5 Å². The van der Waals surface area contributed by atoms with Gasteiger partial charge in [0.25, 0.3) is 0 Å². The number of nitrogens with zero attached hydrogens (tertiary/aromatic N) is 2. The largest absolute Gasteiger partial charge is 0.326 e. The molecule has 4 aliphatic carbocycles. The van der Waals surface area contributed by atoms with Gasteiger partial charge in [-0.15, -0.1) is 0 Å². The second-order valence-corrected chi connectivity index (χ2v) is 7.64. The van der Waals surface area contributed by atoms with E-state index in [4.69, 9.17) is 5.73 Å². The molecule has 4 aliphatic rings. The van der Waals surface area contributed by atoms with Gasteiger partial charge in [0.15, 0.2) is 0 Å². The smallest absolute Gasteiger partial charge is 0.0537 e. The molecule has 0 saturated heterocycles. The Labute approximate surface area is 121 Å². The van der Waals surface area contributed by atoms with Crippen LogP contribution in [0.5, 0.6) is 0 Å². The molecule has 20 heavy (non-hydrogen) atoms. The van der Waals surface area contributed by atoms with Crippen LogP contribution in [0.3, 0.4) is 0 Å². The summed E-state index contributed by atoms with van der Waals surface area (Å²) in [7, 11) is 0. The van der Waals surface area contributed by atoms with Gasteiger partial charge in [-0.05, 0) is 62.7 Å². The first-order chi connectivity index (χ1) is 9.74. The fraction of sp³-hybridized carbons (Fsp3) is 0.824. The quantitative estimate of drug-likeness (QED) is 0.915. The Morgan fingerprint density at radius 3 is 2.30 bits per heavy atom. The highest BCUT2D eigenvalue weighted by atomic mass is 15.3. The predicted octanol–water partition coefficient (Wildman–Crippen LogP) is 3.22. The molecule has 110 valence electrons. The molecular weight excluding hydrogens is 246 g/mol. The Kier molecular flexibility index (Phi) is 2.95. The van der Waals surface area contributed by atoms with Crippen molar-refractivity contribution in [2.24, 2.45) is 23.5 Å². The summed E-state index contributed by atoms with van der Waals surface area (Å²) in [6.45, 7) is 3.95. The Bertz CT molecular complexity index is 467. The SMILES string of the molecule is CCCn1ncc(CN)c1C12CC3CC(CC(C3)C1)C2. The van der Waals surface area contributed by atoms with Gasteiger partial charge in [0, 0.05) is 29.8 Å². The lowest BCUT2D eigenvalue weighted by Crippen LogP contribution is -2.50. The van der Waals surface area contributed by atoms with E-state index >= 15 is 0 Å². The van der Waals surface area contributed by atoms with Gasteiger partial charge >= 0.3 is 0 Å². The Balaban J connectivity index is 1.78. The first-order valence-corrected chi connectivity index (χ1v) is 8.49. The average Bonchev–Trinajstić information content (AvgIpc) is 2.81. The third kappa shape index (κ3) is 1.78. The second-order valence-electron chi connectivity index (χ2n) is 7.64. The van der Waals surface area contributed by atoms with Crippen molar-refractivity contribution in [3.8, 4) is 0 Å². The number of nitrogens with two attached hydrogens (primary N) is 1. The zero-order valence-corrected chi connectivity index (χ0v) is 12.6. The summed E-state index contributed by atoms with van der Waals surface area (Å²) in [6, 6.07) is 0. The molecule has 2 N–H and O–H groups in total. The standard InChI is InChI=1S/C17H27N3/c1-2-3-20-16(15(10-18)11-19-20)17-7-12-4-13(8-17)6-14(5-12)9-17/h11-14H,2-10,18H2,1H3. The maximum Gasteiger partial charge on any atom is 0.0537 e. The monoisotopic (exact) mass is 273 g/mol. The molecule has 0 unspecified atom stereocenters.